The molecule has 0 saturated carbocycles. The first-order valence-electron chi connectivity index (χ1n) is 10.2. The van der Waals surface area contributed by atoms with Crippen molar-refractivity contribution in [2.75, 3.05) is 44.2 Å². The van der Waals surface area contributed by atoms with E-state index in [4.69, 9.17) is 10.00 Å². The Labute approximate surface area is 183 Å². The Hall–Kier alpha value is -3.00. The van der Waals surface area contributed by atoms with E-state index >= 15 is 0 Å². The highest BCUT2D eigenvalue weighted by Gasteiger charge is 2.21. The van der Waals surface area contributed by atoms with Crippen LogP contribution in [0.5, 0.6) is 5.75 Å². The highest BCUT2D eigenvalue weighted by Crippen LogP contribution is 2.26. The average Bonchev–Trinajstić information content (AvgIpc) is 3.25. The van der Waals surface area contributed by atoms with Crippen LogP contribution in [0.2, 0.25) is 0 Å². The molecule has 0 amide bonds. The van der Waals surface area contributed by atoms with Crippen LogP contribution in [-0.4, -0.2) is 70.0 Å². The number of rotatable bonds is 7. The van der Waals surface area contributed by atoms with Gasteiger partial charge in [-0.15, -0.1) is 0 Å². The number of ether oxygens (including phenoxy) is 1. The van der Waals surface area contributed by atoms with Gasteiger partial charge in [0.15, 0.2) is 10.8 Å². The summed E-state index contributed by atoms with van der Waals surface area (Å²) in [5, 5.41) is 20.0. The van der Waals surface area contributed by atoms with Gasteiger partial charge in [-0.2, -0.15) is 10.2 Å². The lowest BCUT2D eigenvalue weighted by atomic mass is 10.2. The van der Waals surface area contributed by atoms with Gasteiger partial charge in [-0.05, 0) is 30.8 Å². The van der Waals surface area contributed by atoms with E-state index in [1.54, 1.807) is 24.3 Å². The summed E-state index contributed by atoms with van der Waals surface area (Å²) in [5.74, 6) is 0.550. The lowest BCUT2D eigenvalue weighted by Gasteiger charge is -2.33. The Morgan fingerprint density at radius 2 is 2.00 bits per heavy atom. The molecule has 0 radical (unpaired) electrons. The van der Waals surface area contributed by atoms with Crippen molar-refractivity contribution in [3.8, 4) is 11.8 Å². The minimum Gasteiger partial charge on any atom is -0.491 e. The summed E-state index contributed by atoms with van der Waals surface area (Å²) < 4.78 is 7.44. The maximum Gasteiger partial charge on any atom is 0.273 e. The molecule has 0 aliphatic carbocycles. The van der Waals surface area contributed by atoms with Gasteiger partial charge < -0.3 is 19.6 Å². The van der Waals surface area contributed by atoms with E-state index in [0.29, 0.717) is 21.7 Å². The molecule has 3 heterocycles. The van der Waals surface area contributed by atoms with Crippen LogP contribution in [0.15, 0.2) is 35.4 Å². The van der Waals surface area contributed by atoms with Crippen molar-refractivity contribution in [3.05, 3.63) is 46.5 Å². The van der Waals surface area contributed by atoms with Crippen LogP contribution in [0.4, 0.5) is 5.13 Å². The first-order chi connectivity index (χ1) is 15.1. The van der Waals surface area contributed by atoms with Gasteiger partial charge >= 0.3 is 0 Å². The Morgan fingerprint density at radius 1 is 1.26 bits per heavy atom. The third-order valence-corrected chi connectivity index (χ3v) is 6.39. The van der Waals surface area contributed by atoms with Crippen LogP contribution in [0.1, 0.15) is 12.5 Å². The SMILES string of the molecule is CCN1CCN(c2nc3ncn(CC(O)COc4ccc(C#N)cc4)c(=O)c3s2)CC1. The molecule has 1 saturated heterocycles. The first kappa shape index (κ1) is 21.2. The van der Waals surface area contributed by atoms with E-state index in [9.17, 15) is 9.90 Å². The zero-order chi connectivity index (χ0) is 21.8. The molecule has 4 rings (SSSR count). The Bertz CT molecular complexity index is 1130. The van der Waals surface area contributed by atoms with Crippen molar-refractivity contribution in [1.29, 1.82) is 5.26 Å². The molecule has 3 aromatic rings. The highest BCUT2D eigenvalue weighted by atomic mass is 32.1. The first-order valence-corrected chi connectivity index (χ1v) is 11.0. The molecule has 162 valence electrons. The van der Waals surface area contributed by atoms with Gasteiger partial charge in [0.2, 0.25) is 0 Å². The number of hydrogen-bond acceptors (Lipinski definition) is 9. The molecular weight excluding hydrogens is 416 g/mol. The van der Waals surface area contributed by atoms with Crippen molar-refractivity contribution in [2.45, 2.75) is 19.6 Å². The van der Waals surface area contributed by atoms with Crippen LogP contribution in [0.3, 0.4) is 0 Å². The van der Waals surface area contributed by atoms with Gasteiger partial charge in [0.25, 0.3) is 5.56 Å². The molecule has 1 aliphatic rings. The number of aliphatic hydroxyl groups excluding tert-OH is 1. The number of anilines is 1. The minimum absolute atomic E-state index is 0.0199. The second-order valence-electron chi connectivity index (χ2n) is 7.37. The number of nitrogens with zero attached hydrogens (tertiary/aromatic N) is 6. The molecule has 2 aromatic heterocycles. The quantitative estimate of drug-likeness (QED) is 0.586. The number of likely N-dealkylation sites (N-methyl/N-ethyl adjacent to an activating group) is 1. The lowest BCUT2D eigenvalue weighted by Crippen LogP contribution is -2.46. The molecule has 0 spiro atoms. The third kappa shape index (κ3) is 4.85. The number of nitriles is 1. The topological polar surface area (TPSA) is 108 Å². The number of fused-ring (bicyclic) bond motifs is 1. The number of piperazine rings is 1. The summed E-state index contributed by atoms with van der Waals surface area (Å²) in [6.45, 7) is 7.01. The largest absolute Gasteiger partial charge is 0.491 e. The van der Waals surface area contributed by atoms with E-state index in [0.717, 1.165) is 37.9 Å². The average molecular weight is 441 g/mol. The second kappa shape index (κ2) is 9.43. The van der Waals surface area contributed by atoms with E-state index in [1.165, 1.54) is 22.2 Å². The molecule has 1 fully saturated rings. The molecule has 31 heavy (non-hydrogen) atoms. The summed E-state index contributed by atoms with van der Waals surface area (Å²) in [6, 6.07) is 8.67. The van der Waals surface area contributed by atoms with E-state index in [-0.39, 0.29) is 18.7 Å². The van der Waals surface area contributed by atoms with Gasteiger partial charge in [0.1, 0.15) is 29.5 Å². The molecule has 1 atom stereocenters. The lowest BCUT2D eigenvalue weighted by molar-refractivity contribution is 0.0915. The summed E-state index contributed by atoms with van der Waals surface area (Å²) in [7, 11) is 0. The minimum atomic E-state index is -0.887. The van der Waals surface area contributed by atoms with Crippen LogP contribution in [-0.2, 0) is 6.54 Å². The molecule has 1 aliphatic heterocycles. The van der Waals surface area contributed by atoms with Crippen molar-refractivity contribution >= 4 is 26.8 Å². The molecular formula is C21H24N6O3S. The summed E-state index contributed by atoms with van der Waals surface area (Å²) in [4.78, 5) is 26.3. The fourth-order valence-electron chi connectivity index (χ4n) is 3.45. The zero-order valence-electron chi connectivity index (χ0n) is 17.3. The summed E-state index contributed by atoms with van der Waals surface area (Å²) in [5.41, 5.74) is 0.774. The van der Waals surface area contributed by atoms with Gasteiger partial charge in [0.05, 0.1) is 18.2 Å². The van der Waals surface area contributed by atoms with E-state index < -0.39 is 6.10 Å². The molecule has 0 bridgehead atoms. The molecule has 1 N–H and O–H groups in total. The van der Waals surface area contributed by atoms with E-state index in [1.807, 2.05) is 6.07 Å². The normalized spacial score (nSPS) is 15.7. The van der Waals surface area contributed by atoms with Crippen LogP contribution in [0, 0.1) is 11.3 Å². The Morgan fingerprint density at radius 3 is 2.68 bits per heavy atom. The number of aliphatic hydroxyl groups is 1. The van der Waals surface area contributed by atoms with Crippen molar-refractivity contribution < 1.29 is 9.84 Å². The van der Waals surface area contributed by atoms with E-state index in [2.05, 4.69) is 26.7 Å². The number of thiazole rings is 1. The predicted octanol–water partition coefficient (Wildman–Crippen LogP) is 1.31. The van der Waals surface area contributed by atoms with Crippen molar-refractivity contribution in [1.82, 2.24) is 19.4 Å². The highest BCUT2D eigenvalue weighted by molar-refractivity contribution is 7.22. The van der Waals surface area contributed by atoms with Crippen LogP contribution in [0.25, 0.3) is 10.3 Å². The maximum absolute atomic E-state index is 12.9. The zero-order valence-corrected chi connectivity index (χ0v) is 18.1. The smallest absolute Gasteiger partial charge is 0.273 e. The van der Waals surface area contributed by atoms with Crippen LogP contribution < -0.4 is 15.2 Å². The fourth-order valence-corrected chi connectivity index (χ4v) is 4.47. The predicted molar refractivity (Wildman–Crippen MR) is 119 cm³/mol. The number of aromatic nitrogens is 3. The molecule has 9 nitrogen and oxygen atoms in total. The number of benzene rings is 1. The number of hydrogen-bond donors (Lipinski definition) is 1. The summed E-state index contributed by atoms with van der Waals surface area (Å²) in [6.07, 6.45) is 0.538. The van der Waals surface area contributed by atoms with Crippen molar-refractivity contribution in [3.63, 3.8) is 0 Å². The fraction of sp³-hybridized carbons (Fsp3) is 0.429. The Kier molecular flexibility index (Phi) is 6.46. The summed E-state index contributed by atoms with van der Waals surface area (Å²) >= 11 is 1.36. The molecule has 1 aromatic carbocycles. The van der Waals surface area contributed by atoms with Gasteiger partial charge in [0, 0.05) is 26.2 Å². The van der Waals surface area contributed by atoms with Gasteiger partial charge in [-0.1, -0.05) is 18.3 Å². The van der Waals surface area contributed by atoms with Gasteiger partial charge in [-0.25, -0.2) is 4.98 Å². The standard InChI is InChI=1S/C21H24N6O3S/c1-2-25-7-9-26(10-8-25)21-24-19-18(31-21)20(29)27(14-23-19)12-16(28)13-30-17-5-3-15(11-22)4-6-17/h3-6,14,16,28H,2,7-10,12-13H2,1H3. The van der Waals surface area contributed by atoms with Gasteiger partial charge in [-0.3, -0.25) is 9.36 Å². The monoisotopic (exact) mass is 440 g/mol. The van der Waals surface area contributed by atoms with Crippen LogP contribution >= 0.6 is 11.3 Å². The second-order valence-corrected chi connectivity index (χ2v) is 8.35. The molecule has 10 heteroatoms. The molecule has 1 unspecified atom stereocenters. The van der Waals surface area contributed by atoms with Crippen molar-refractivity contribution in [2.24, 2.45) is 0 Å². The third-order valence-electron chi connectivity index (χ3n) is 5.30. The maximum atomic E-state index is 12.9. The Balaban J connectivity index is 1.41.